The van der Waals surface area contributed by atoms with E-state index < -0.39 is 0 Å². The number of hydrogen-bond donors (Lipinski definition) is 0. The molecule has 0 N–H and O–H groups in total. The van der Waals surface area contributed by atoms with E-state index in [1.807, 2.05) is 11.3 Å². The third kappa shape index (κ3) is 8.67. The van der Waals surface area contributed by atoms with Gasteiger partial charge < -0.3 is 0 Å². The molecule has 162 valence electrons. The van der Waals surface area contributed by atoms with Gasteiger partial charge in [0.05, 0.1) is 8.66 Å². The lowest BCUT2D eigenvalue weighted by Crippen LogP contribution is -1.89. The number of hydrogen-bond acceptors (Lipinski definition) is 3. The molecule has 0 spiro atoms. The van der Waals surface area contributed by atoms with E-state index in [2.05, 4.69) is 41.9 Å². The molecule has 0 aliphatic carbocycles. The third-order valence-corrected chi connectivity index (χ3v) is 8.48. The van der Waals surface area contributed by atoms with Gasteiger partial charge in [0, 0.05) is 9.75 Å². The minimum Gasteiger partial charge on any atom is -0.297 e. The van der Waals surface area contributed by atoms with Crippen LogP contribution in [-0.4, -0.2) is 6.29 Å². The number of carbonyl (C=O) groups excluding carboxylic acids is 1. The Morgan fingerprint density at radius 1 is 0.724 bits per heavy atom. The highest BCUT2D eigenvalue weighted by molar-refractivity contribution is 9.11. The topological polar surface area (TPSA) is 17.1 Å². The van der Waals surface area contributed by atoms with Gasteiger partial charge in [-0.15, -0.1) is 22.7 Å². The molecule has 2 rings (SSSR count). The zero-order valence-corrected chi connectivity index (χ0v) is 21.5. The van der Waals surface area contributed by atoms with Gasteiger partial charge in [0.15, 0.2) is 6.29 Å². The number of thiophene rings is 2. The lowest BCUT2D eigenvalue weighted by molar-refractivity contribution is 0.112. The molecule has 0 saturated carbocycles. The van der Waals surface area contributed by atoms with Crippen LogP contribution in [0.25, 0.3) is 9.75 Å². The molecule has 2 heterocycles. The first-order chi connectivity index (χ1) is 14.2. The van der Waals surface area contributed by atoms with Crippen LogP contribution >= 0.6 is 38.6 Å². The maximum absolute atomic E-state index is 11.4. The Hall–Kier alpha value is -0.450. The number of halogens is 1. The summed E-state index contributed by atoms with van der Waals surface area (Å²) in [5.41, 5.74) is 2.84. The summed E-state index contributed by atoms with van der Waals surface area (Å²) < 4.78 is 1.21. The lowest BCUT2D eigenvalue weighted by atomic mass is 10.0. The number of aryl methyl sites for hydroxylation is 2. The van der Waals surface area contributed by atoms with Crippen molar-refractivity contribution in [1.82, 2.24) is 0 Å². The van der Waals surface area contributed by atoms with Crippen molar-refractivity contribution in [1.29, 1.82) is 0 Å². The van der Waals surface area contributed by atoms with Crippen LogP contribution in [0.3, 0.4) is 0 Å². The number of aldehydes is 1. The minimum absolute atomic E-state index is 0.871. The van der Waals surface area contributed by atoms with Crippen LogP contribution in [0.4, 0.5) is 0 Å². The zero-order chi connectivity index (χ0) is 20.9. The molecule has 4 heteroatoms. The maximum Gasteiger partial charge on any atom is 0.160 e. The van der Waals surface area contributed by atoms with Crippen LogP contribution in [-0.2, 0) is 12.8 Å². The highest BCUT2D eigenvalue weighted by Gasteiger charge is 2.17. The fraction of sp³-hybridized carbons (Fsp3) is 0.640. The fourth-order valence-electron chi connectivity index (χ4n) is 3.85. The standard InChI is InChI=1S/C25H37BrOS2/c1-3-5-7-9-11-13-15-20-17-22(19-27)28-24(20)25-21(18-23(26)29-25)16-14-12-10-8-6-4-2/h17-19H,3-16H2,1-2H3. The molecule has 29 heavy (non-hydrogen) atoms. The van der Waals surface area contributed by atoms with Crippen LogP contribution in [0.15, 0.2) is 15.9 Å². The van der Waals surface area contributed by atoms with Gasteiger partial charge in [-0.2, -0.15) is 0 Å². The van der Waals surface area contributed by atoms with Gasteiger partial charge in [-0.1, -0.05) is 78.1 Å². The smallest absolute Gasteiger partial charge is 0.160 e. The number of unbranched alkanes of at least 4 members (excludes halogenated alkanes) is 10. The van der Waals surface area contributed by atoms with Crippen molar-refractivity contribution < 1.29 is 4.79 Å². The predicted molar refractivity (Wildman–Crippen MR) is 135 cm³/mol. The minimum atomic E-state index is 0.871. The van der Waals surface area contributed by atoms with Crippen molar-refractivity contribution in [3.05, 3.63) is 31.9 Å². The largest absolute Gasteiger partial charge is 0.297 e. The molecule has 0 unspecified atom stereocenters. The van der Waals surface area contributed by atoms with Crippen LogP contribution in [0, 0.1) is 0 Å². The molecule has 1 nitrogen and oxygen atoms in total. The Bertz CT molecular complexity index is 716. The van der Waals surface area contributed by atoms with Crippen molar-refractivity contribution >= 4 is 44.9 Å². The van der Waals surface area contributed by atoms with Crippen molar-refractivity contribution in [3.63, 3.8) is 0 Å². The molecule has 0 amide bonds. The molecule has 0 atom stereocenters. The quantitative estimate of drug-likeness (QED) is 0.167. The van der Waals surface area contributed by atoms with E-state index >= 15 is 0 Å². The molecule has 0 fully saturated rings. The molecule has 0 saturated heterocycles. The van der Waals surface area contributed by atoms with Gasteiger partial charge in [0.1, 0.15) is 0 Å². The fourth-order valence-corrected chi connectivity index (χ4v) is 6.78. The molecular formula is C25H37BrOS2. The Morgan fingerprint density at radius 3 is 1.76 bits per heavy atom. The summed E-state index contributed by atoms with van der Waals surface area (Å²) in [7, 11) is 0. The van der Waals surface area contributed by atoms with Crippen LogP contribution in [0.5, 0.6) is 0 Å². The summed E-state index contributed by atoms with van der Waals surface area (Å²) in [5, 5.41) is 0. The summed E-state index contributed by atoms with van der Waals surface area (Å²) in [6.07, 6.45) is 19.1. The monoisotopic (exact) mass is 496 g/mol. The SMILES string of the molecule is CCCCCCCCc1cc(Br)sc1-c1sc(C=O)cc1CCCCCCCC. The normalized spacial score (nSPS) is 11.3. The molecule has 0 aliphatic heterocycles. The van der Waals surface area contributed by atoms with E-state index in [1.54, 1.807) is 11.3 Å². The van der Waals surface area contributed by atoms with E-state index in [0.717, 1.165) is 24.0 Å². The second-order valence-corrected chi connectivity index (χ2v) is 11.6. The zero-order valence-electron chi connectivity index (χ0n) is 18.2. The van der Waals surface area contributed by atoms with E-state index in [0.29, 0.717) is 0 Å². The van der Waals surface area contributed by atoms with Gasteiger partial charge in [-0.05, 0) is 64.9 Å². The predicted octanol–water partition coefficient (Wildman–Crippen LogP) is 9.86. The summed E-state index contributed by atoms with van der Waals surface area (Å²) in [6, 6.07) is 4.45. The van der Waals surface area contributed by atoms with E-state index in [4.69, 9.17) is 0 Å². The van der Waals surface area contributed by atoms with Crippen LogP contribution in [0.2, 0.25) is 0 Å². The molecule has 0 bridgehead atoms. The molecular weight excluding hydrogens is 460 g/mol. The van der Waals surface area contributed by atoms with Crippen molar-refractivity contribution in [2.45, 2.75) is 104 Å². The highest BCUT2D eigenvalue weighted by atomic mass is 79.9. The van der Waals surface area contributed by atoms with Crippen molar-refractivity contribution in [2.75, 3.05) is 0 Å². The Balaban J connectivity index is 2.00. The third-order valence-electron chi connectivity index (χ3n) is 5.53. The molecule has 0 radical (unpaired) electrons. The van der Waals surface area contributed by atoms with Gasteiger partial charge in [-0.3, -0.25) is 4.79 Å². The maximum atomic E-state index is 11.4. The van der Waals surface area contributed by atoms with Gasteiger partial charge >= 0.3 is 0 Å². The first-order valence-corrected chi connectivity index (χ1v) is 14.0. The Labute approximate surface area is 194 Å². The van der Waals surface area contributed by atoms with Crippen molar-refractivity contribution in [2.24, 2.45) is 0 Å². The first-order valence-electron chi connectivity index (χ1n) is 11.6. The summed E-state index contributed by atoms with van der Waals surface area (Å²) in [5.74, 6) is 0. The average Bonchev–Trinajstić information content (AvgIpc) is 3.30. The number of rotatable bonds is 16. The molecule has 2 aromatic rings. The highest BCUT2D eigenvalue weighted by Crippen LogP contribution is 2.42. The summed E-state index contributed by atoms with van der Waals surface area (Å²) >= 11 is 7.24. The Kier molecular flexibility index (Phi) is 12.4. The van der Waals surface area contributed by atoms with E-state index in [9.17, 15) is 4.79 Å². The molecule has 0 aliphatic rings. The van der Waals surface area contributed by atoms with E-state index in [-0.39, 0.29) is 0 Å². The van der Waals surface area contributed by atoms with Gasteiger partial charge in [0.2, 0.25) is 0 Å². The van der Waals surface area contributed by atoms with E-state index in [1.165, 1.54) is 102 Å². The average molecular weight is 498 g/mol. The summed E-state index contributed by atoms with van der Waals surface area (Å²) in [4.78, 5) is 15.1. The first kappa shape index (κ1) is 24.8. The second kappa shape index (κ2) is 14.5. The summed E-state index contributed by atoms with van der Waals surface area (Å²) in [6.45, 7) is 4.53. The Morgan fingerprint density at radius 2 is 1.21 bits per heavy atom. The van der Waals surface area contributed by atoms with Crippen molar-refractivity contribution in [3.8, 4) is 9.75 Å². The van der Waals surface area contributed by atoms with Crippen LogP contribution < -0.4 is 0 Å². The molecule has 2 aromatic heterocycles. The number of carbonyl (C=O) groups is 1. The van der Waals surface area contributed by atoms with Gasteiger partial charge in [0.25, 0.3) is 0 Å². The lowest BCUT2D eigenvalue weighted by Gasteiger charge is -2.06. The van der Waals surface area contributed by atoms with Gasteiger partial charge in [-0.25, -0.2) is 0 Å². The van der Waals surface area contributed by atoms with Crippen LogP contribution in [0.1, 0.15) is 112 Å². The molecule has 0 aromatic carbocycles. The second-order valence-electron chi connectivity index (χ2n) is 8.06.